The second kappa shape index (κ2) is 8.67. The van der Waals surface area contributed by atoms with E-state index >= 15 is 0 Å². The Kier molecular flexibility index (Phi) is 6.14. The maximum atomic E-state index is 12.2. The molecule has 8 atom stereocenters. The van der Waals surface area contributed by atoms with Crippen molar-refractivity contribution in [3.63, 3.8) is 0 Å². The molecule has 33 heavy (non-hydrogen) atoms. The lowest BCUT2D eigenvalue weighted by molar-refractivity contribution is -0.162. The molecule has 0 spiro atoms. The maximum absolute atomic E-state index is 12.2. The lowest BCUT2D eigenvalue weighted by Crippen LogP contribution is -2.53. The van der Waals surface area contributed by atoms with E-state index in [4.69, 9.17) is 14.2 Å². The number of hydrogen-bond acceptors (Lipinski definition) is 6. The molecule has 6 nitrogen and oxygen atoms in total. The second-order valence-electron chi connectivity index (χ2n) is 11.8. The Bertz CT molecular complexity index is 819. The highest BCUT2D eigenvalue weighted by molar-refractivity contribution is 5.66. The lowest BCUT2D eigenvalue weighted by atomic mass is 9.48. The zero-order valence-corrected chi connectivity index (χ0v) is 20.8. The Morgan fingerprint density at radius 2 is 1.76 bits per heavy atom. The molecule has 0 N–H and O–H groups in total. The van der Waals surface area contributed by atoms with Crippen molar-refractivity contribution in [3.8, 4) is 0 Å². The molecule has 1 saturated heterocycles. The Morgan fingerprint density at radius 1 is 1.03 bits per heavy atom. The van der Waals surface area contributed by atoms with E-state index in [-0.39, 0.29) is 35.0 Å². The number of carbonyl (C=O) groups excluding carboxylic acids is 2. The smallest absolute Gasteiger partial charge is 0.302 e. The van der Waals surface area contributed by atoms with E-state index < -0.39 is 0 Å². The molecule has 0 aromatic heterocycles. The number of ether oxygens (including phenoxy) is 3. The Morgan fingerprint density at radius 3 is 2.45 bits per heavy atom. The summed E-state index contributed by atoms with van der Waals surface area (Å²) in [5, 5.41) is 0. The molecule has 0 bridgehead atoms. The summed E-state index contributed by atoms with van der Waals surface area (Å²) in [5.41, 5.74) is 1.76. The number of carbonyl (C=O) groups is 2. The number of esters is 2. The summed E-state index contributed by atoms with van der Waals surface area (Å²) in [7, 11) is 0. The lowest BCUT2D eigenvalue weighted by Gasteiger charge is -2.57. The van der Waals surface area contributed by atoms with Gasteiger partial charge in [0.15, 0.2) is 0 Å². The van der Waals surface area contributed by atoms with Crippen LogP contribution in [0.2, 0.25) is 0 Å². The number of hydrogen-bond donors (Lipinski definition) is 0. The minimum atomic E-state index is -0.164. The quantitative estimate of drug-likeness (QED) is 0.467. The van der Waals surface area contributed by atoms with Gasteiger partial charge in [0.2, 0.25) is 0 Å². The fourth-order valence-corrected chi connectivity index (χ4v) is 8.57. The SMILES string of the molecule is CC(=O)O[C@H]1CC[C@@]2(C)C(=CC[C@H]3[C@@H]4C[C@H](N5CCOCC5)[C@H](OC(C)=O)[C@@]4(C)CC[C@@H]32)C1. The van der Waals surface area contributed by atoms with Crippen molar-refractivity contribution >= 4 is 11.9 Å². The maximum Gasteiger partial charge on any atom is 0.302 e. The van der Waals surface area contributed by atoms with E-state index in [1.54, 1.807) is 6.92 Å². The number of rotatable bonds is 3. The van der Waals surface area contributed by atoms with E-state index in [0.29, 0.717) is 23.8 Å². The molecule has 184 valence electrons. The van der Waals surface area contributed by atoms with Gasteiger partial charge in [0, 0.05) is 44.8 Å². The molecule has 0 radical (unpaired) electrons. The van der Waals surface area contributed by atoms with Gasteiger partial charge >= 0.3 is 11.9 Å². The first-order valence-corrected chi connectivity index (χ1v) is 13.1. The van der Waals surface area contributed by atoms with E-state index in [1.807, 2.05) is 0 Å². The Hall–Kier alpha value is -1.40. The van der Waals surface area contributed by atoms with Crippen LogP contribution in [0.1, 0.15) is 72.6 Å². The van der Waals surface area contributed by atoms with E-state index in [9.17, 15) is 9.59 Å². The summed E-state index contributed by atoms with van der Waals surface area (Å²) in [6, 6.07) is 0.296. The first-order chi connectivity index (χ1) is 15.7. The minimum absolute atomic E-state index is 0.0306. The highest BCUT2D eigenvalue weighted by Gasteiger charge is 2.63. The highest BCUT2D eigenvalue weighted by Crippen LogP contribution is 2.65. The summed E-state index contributed by atoms with van der Waals surface area (Å²) in [6.45, 7) is 11.4. The number of nitrogens with zero attached hydrogens (tertiary/aromatic N) is 1. The third-order valence-corrected chi connectivity index (χ3v) is 10.1. The van der Waals surface area contributed by atoms with Gasteiger partial charge in [-0.15, -0.1) is 0 Å². The van der Waals surface area contributed by atoms with Crippen LogP contribution in [0.25, 0.3) is 0 Å². The predicted octanol–water partition coefficient (Wildman–Crippen LogP) is 4.12. The molecular weight excluding hydrogens is 418 g/mol. The molecule has 0 amide bonds. The van der Waals surface area contributed by atoms with Crippen molar-refractivity contribution < 1.29 is 23.8 Å². The molecule has 4 aliphatic carbocycles. The van der Waals surface area contributed by atoms with E-state index in [0.717, 1.165) is 64.8 Å². The van der Waals surface area contributed by atoms with E-state index in [1.165, 1.54) is 18.9 Å². The first kappa shape index (κ1) is 23.3. The second-order valence-corrected chi connectivity index (χ2v) is 11.8. The normalized spacial score (nSPS) is 45.3. The number of morpholine rings is 1. The minimum Gasteiger partial charge on any atom is -0.462 e. The van der Waals surface area contributed by atoms with Gasteiger partial charge < -0.3 is 14.2 Å². The van der Waals surface area contributed by atoms with E-state index in [2.05, 4.69) is 24.8 Å². The van der Waals surface area contributed by atoms with Gasteiger partial charge in [0.25, 0.3) is 0 Å². The number of fused-ring (bicyclic) bond motifs is 5. The van der Waals surface area contributed by atoms with Crippen LogP contribution >= 0.6 is 0 Å². The third-order valence-electron chi connectivity index (χ3n) is 10.1. The summed E-state index contributed by atoms with van der Waals surface area (Å²) < 4.78 is 17.3. The fourth-order valence-electron chi connectivity index (χ4n) is 8.57. The molecule has 4 fully saturated rings. The topological polar surface area (TPSA) is 65.1 Å². The van der Waals surface area contributed by atoms with Gasteiger partial charge in [0.1, 0.15) is 12.2 Å². The van der Waals surface area contributed by atoms with Crippen LogP contribution in [0.5, 0.6) is 0 Å². The fraction of sp³-hybridized carbons (Fsp3) is 0.852. The molecule has 1 aliphatic heterocycles. The summed E-state index contributed by atoms with van der Waals surface area (Å²) >= 11 is 0. The standard InChI is InChI=1S/C27H41NO5/c1-17(29)32-20-7-9-26(3)19(15-20)5-6-21-22(26)8-10-27(4)23(21)16-24(25(27)33-18(2)30)28-11-13-31-14-12-28/h5,20-25H,6-16H2,1-4H3/t20-,21+,22-,23-,24-,25-,26-,27-/m0/s1. The van der Waals surface area contributed by atoms with Crippen molar-refractivity contribution in [3.05, 3.63) is 11.6 Å². The molecular formula is C27H41NO5. The summed E-state index contributed by atoms with van der Waals surface area (Å²) in [5.74, 6) is 1.54. The van der Waals surface area contributed by atoms with Gasteiger partial charge in [-0.2, -0.15) is 0 Å². The highest BCUT2D eigenvalue weighted by atomic mass is 16.5. The molecule has 6 heteroatoms. The zero-order valence-electron chi connectivity index (χ0n) is 20.8. The first-order valence-electron chi connectivity index (χ1n) is 13.1. The van der Waals surface area contributed by atoms with Crippen LogP contribution in [0, 0.1) is 28.6 Å². The summed E-state index contributed by atoms with van der Waals surface area (Å²) in [6.07, 6.45) is 9.99. The molecule has 1 heterocycles. The average Bonchev–Trinajstić information content (AvgIpc) is 3.06. The van der Waals surface area contributed by atoms with Gasteiger partial charge in [-0.3, -0.25) is 14.5 Å². The predicted molar refractivity (Wildman–Crippen MR) is 124 cm³/mol. The van der Waals surface area contributed by atoms with Crippen molar-refractivity contribution in [1.82, 2.24) is 4.90 Å². The molecule has 5 rings (SSSR count). The molecule has 0 unspecified atom stereocenters. The van der Waals surface area contributed by atoms with Crippen LogP contribution in [0.3, 0.4) is 0 Å². The van der Waals surface area contributed by atoms with Crippen LogP contribution < -0.4 is 0 Å². The Balaban J connectivity index is 1.41. The zero-order chi connectivity index (χ0) is 23.4. The van der Waals surface area contributed by atoms with Crippen LogP contribution in [0.4, 0.5) is 0 Å². The molecule has 5 aliphatic rings. The van der Waals surface area contributed by atoms with Crippen molar-refractivity contribution in [2.45, 2.75) is 90.9 Å². The average molecular weight is 460 g/mol. The molecule has 3 saturated carbocycles. The van der Waals surface area contributed by atoms with Crippen LogP contribution in [-0.2, 0) is 23.8 Å². The van der Waals surface area contributed by atoms with Gasteiger partial charge in [-0.25, -0.2) is 0 Å². The molecule has 0 aromatic rings. The van der Waals surface area contributed by atoms with Gasteiger partial charge in [-0.1, -0.05) is 25.5 Å². The third kappa shape index (κ3) is 3.95. The monoisotopic (exact) mass is 459 g/mol. The van der Waals surface area contributed by atoms with Crippen molar-refractivity contribution in [2.24, 2.45) is 28.6 Å². The summed E-state index contributed by atoms with van der Waals surface area (Å²) in [4.78, 5) is 26.2. The van der Waals surface area contributed by atoms with Gasteiger partial charge in [-0.05, 0) is 61.7 Å². The number of allylic oxidation sites excluding steroid dienone is 1. The van der Waals surface area contributed by atoms with Gasteiger partial charge in [0.05, 0.1) is 13.2 Å². The molecule has 0 aromatic carbocycles. The largest absolute Gasteiger partial charge is 0.462 e. The van der Waals surface area contributed by atoms with Crippen LogP contribution in [0.15, 0.2) is 11.6 Å². The van der Waals surface area contributed by atoms with Crippen LogP contribution in [-0.4, -0.2) is 61.4 Å². The van der Waals surface area contributed by atoms with Crippen molar-refractivity contribution in [2.75, 3.05) is 26.3 Å². The Labute approximate surface area is 198 Å². The van der Waals surface area contributed by atoms with Crippen molar-refractivity contribution in [1.29, 1.82) is 0 Å².